The maximum absolute atomic E-state index is 6.22. The van der Waals surface area contributed by atoms with Gasteiger partial charge in [0.1, 0.15) is 11.0 Å². The van der Waals surface area contributed by atoms with Crippen molar-refractivity contribution in [2.45, 2.75) is 13.3 Å². The molecule has 0 bridgehead atoms. The third-order valence-electron chi connectivity index (χ3n) is 3.26. The Morgan fingerprint density at radius 2 is 2.06 bits per heavy atom. The Labute approximate surface area is 105 Å². The van der Waals surface area contributed by atoms with Crippen LogP contribution in [0.3, 0.4) is 0 Å². The van der Waals surface area contributed by atoms with E-state index < -0.39 is 0 Å². The molecular formula is C14H13ClN2. The molecule has 0 atom stereocenters. The van der Waals surface area contributed by atoms with E-state index in [1.165, 1.54) is 16.5 Å². The summed E-state index contributed by atoms with van der Waals surface area (Å²) in [6.45, 7) is 2.15. The Hall–Kier alpha value is -1.54. The molecule has 0 aliphatic carbocycles. The summed E-state index contributed by atoms with van der Waals surface area (Å²) < 4.78 is 1.94. The molecule has 1 aromatic carbocycles. The lowest BCUT2D eigenvalue weighted by Gasteiger charge is -2.12. The minimum Gasteiger partial charge on any atom is -0.319 e. The van der Waals surface area contributed by atoms with Gasteiger partial charge in [-0.15, -0.1) is 0 Å². The van der Waals surface area contributed by atoms with E-state index in [0.29, 0.717) is 0 Å². The first-order chi connectivity index (χ1) is 8.22. The second-order valence-electron chi connectivity index (χ2n) is 4.23. The van der Waals surface area contributed by atoms with Gasteiger partial charge in [0.05, 0.1) is 5.52 Å². The average molecular weight is 245 g/mol. The highest BCUT2D eigenvalue weighted by molar-refractivity contribution is 6.30. The van der Waals surface area contributed by atoms with Crippen molar-refractivity contribution in [2.75, 3.05) is 0 Å². The molecule has 0 N–H and O–H groups in total. The topological polar surface area (TPSA) is 17.8 Å². The molecule has 3 rings (SSSR count). The third-order valence-corrected chi connectivity index (χ3v) is 3.62. The van der Waals surface area contributed by atoms with Crippen molar-refractivity contribution in [3.8, 4) is 11.4 Å². The van der Waals surface area contributed by atoms with Crippen LogP contribution in [0.25, 0.3) is 22.3 Å². The zero-order chi connectivity index (χ0) is 12.0. The maximum Gasteiger partial charge on any atom is 0.142 e. The molecule has 0 unspecified atom stereocenters. The van der Waals surface area contributed by atoms with Gasteiger partial charge in [-0.1, -0.05) is 36.7 Å². The summed E-state index contributed by atoms with van der Waals surface area (Å²) in [5.41, 5.74) is 3.53. The Bertz CT molecular complexity index is 670. The highest BCUT2D eigenvalue weighted by atomic mass is 35.5. The van der Waals surface area contributed by atoms with E-state index in [2.05, 4.69) is 24.0 Å². The summed E-state index contributed by atoms with van der Waals surface area (Å²) >= 11 is 6.22. The lowest BCUT2D eigenvalue weighted by atomic mass is 10.0. The first-order valence-corrected chi connectivity index (χ1v) is 6.12. The van der Waals surface area contributed by atoms with Crippen LogP contribution in [0.2, 0.25) is 5.15 Å². The normalized spacial score (nSPS) is 11.5. The molecule has 2 heterocycles. The molecule has 0 aromatic heterocycles. The van der Waals surface area contributed by atoms with Gasteiger partial charge < -0.3 is 4.57 Å². The van der Waals surface area contributed by atoms with Crippen LogP contribution >= 0.6 is 11.6 Å². The predicted molar refractivity (Wildman–Crippen MR) is 71.7 cm³/mol. The summed E-state index contributed by atoms with van der Waals surface area (Å²) in [5, 5.41) is 1.95. The van der Waals surface area contributed by atoms with Crippen LogP contribution in [0.15, 0.2) is 30.3 Å². The summed E-state index contributed by atoms with van der Waals surface area (Å²) in [6, 6.07) is 10.3. The number of hydrogen-bond acceptors (Lipinski definition) is 1. The standard InChI is InChI=1S/C14H13ClN2/c1-3-9-8-12(15)17(2)14-13(9)10-6-4-5-7-11(10)16-14/h4-8H,3H2,1-2H3. The zero-order valence-corrected chi connectivity index (χ0v) is 10.6. The first kappa shape index (κ1) is 10.6. The number of nitrogens with zero attached hydrogens (tertiary/aromatic N) is 2. The average Bonchev–Trinajstić information content (AvgIpc) is 2.73. The number of hydrogen-bond donors (Lipinski definition) is 0. The van der Waals surface area contributed by atoms with Gasteiger partial charge in [0.25, 0.3) is 0 Å². The van der Waals surface area contributed by atoms with E-state index in [0.717, 1.165) is 22.9 Å². The van der Waals surface area contributed by atoms with Crippen LogP contribution in [0, 0.1) is 0 Å². The number of pyridine rings is 1. The molecule has 0 fully saturated rings. The van der Waals surface area contributed by atoms with E-state index in [1.54, 1.807) is 0 Å². The quantitative estimate of drug-likeness (QED) is 0.594. The van der Waals surface area contributed by atoms with Gasteiger partial charge in [0.2, 0.25) is 0 Å². The van der Waals surface area contributed by atoms with Gasteiger partial charge in [-0.05, 0) is 24.1 Å². The Morgan fingerprint density at radius 3 is 2.82 bits per heavy atom. The molecule has 0 amide bonds. The monoisotopic (exact) mass is 244 g/mol. The fourth-order valence-corrected chi connectivity index (χ4v) is 2.54. The molecule has 1 aromatic rings. The molecule has 2 aliphatic rings. The number of aromatic nitrogens is 2. The SMILES string of the molecule is CCc1cc(Cl)n(C)c2nc3ccccc3c1-2. The zero-order valence-electron chi connectivity index (χ0n) is 9.87. The van der Waals surface area contributed by atoms with Gasteiger partial charge in [-0.25, -0.2) is 4.98 Å². The van der Waals surface area contributed by atoms with Crippen molar-refractivity contribution in [3.63, 3.8) is 0 Å². The van der Waals surface area contributed by atoms with Gasteiger partial charge in [0, 0.05) is 18.0 Å². The molecule has 86 valence electrons. The van der Waals surface area contributed by atoms with Crippen molar-refractivity contribution in [1.29, 1.82) is 0 Å². The molecule has 0 spiro atoms. The van der Waals surface area contributed by atoms with E-state index >= 15 is 0 Å². The number of rotatable bonds is 1. The molecule has 2 nitrogen and oxygen atoms in total. The number of para-hydroxylation sites is 1. The molecule has 0 saturated carbocycles. The number of fused-ring (bicyclic) bond motifs is 3. The molecule has 3 heteroatoms. The van der Waals surface area contributed by atoms with E-state index in [1.807, 2.05) is 29.8 Å². The summed E-state index contributed by atoms with van der Waals surface area (Å²) in [6.07, 6.45) is 0.965. The molecule has 0 saturated heterocycles. The number of aryl methyl sites for hydroxylation is 1. The lowest BCUT2D eigenvalue weighted by Crippen LogP contribution is -2.02. The second-order valence-corrected chi connectivity index (χ2v) is 4.62. The van der Waals surface area contributed by atoms with E-state index in [4.69, 9.17) is 11.6 Å². The summed E-state index contributed by atoms with van der Waals surface area (Å²) in [4.78, 5) is 4.66. The Kier molecular flexibility index (Phi) is 2.33. The van der Waals surface area contributed by atoms with Crippen LogP contribution in [0.5, 0.6) is 0 Å². The summed E-state index contributed by atoms with van der Waals surface area (Å²) in [5.74, 6) is 0.968. The Balaban J connectivity index is 2.53. The second kappa shape index (κ2) is 3.74. The third kappa shape index (κ3) is 1.44. The fraction of sp³-hybridized carbons (Fsp3) is 0.214. The first-order valence-electron chi connectivity index (χ1n) is 5.75. The number of halogens is 1. The Morgan fingerprint density at radius 1 is 1.29 bits per heavy atom. The fourth-order valence-electron chi connectivity index (χ4n) is 2.33. The maximum atomic E-state index is 6.22. The largest absolute Gasteiger partial charge is 0.319 e. The molecule has 0 radical (unpaired) electrons. The minimum atomic E-state index is 0.733. The van der Waals surface area contributed by atoms with Gasteiger partial charge in [-0.3, -0.25) is 0 Å². The minimum absolute atomic E-state index is 0.733. The van der Waals surface area contributed by atoms with E-state index in [-0.39, 0.29) is 0 Å². The van der Waals surface area contributed by atoms with Gasteiger partial charge >= 0.3 is 0 Å². The van der Waals surface area contributed by atoms with Crippen molar-refractivity contribution < 1.29 is 0 Å². The lowest BCUT2D eigenvalue weighted by molar-refractivity contribution is 0.884. The molecular weight excluding hydrogens is 232 g/mol. The van der Waals surface area contributed by atoms with Crippen molar-refractivity contribution >= 4 is 22.5 Å². The van der Waals surface area contributed by atoms with Crippen LogP contribution in [-0.4, -0.2) is 9.55 Å². The van der Waals surface area contributed by atoms with E-state index in [9.17, 15) is 0 Å². The van der Waals surface area contributed by atoms with Gasteiger partial charge in [0.15, 0.2) is 0 Å². The van der Waals surface area contributed by atoms with Crippen molar-refractivity contribution in [3.05, 3.63) is 41.0 Å². The van der Waals surface area contributed by atoms with Crippen LogP contribution in [-0.2, 0) is 13.5 Å². The van der Waals surface area contributed by atoms with Crippen molar-refractivity contribution in [2.24, 2.45) is 7.05 Å². The highest BCUT2D eigenvalue weighted by Crippen LogP contribution is 2.35. The summed E-state index contributed by atoms with van der Waals surface area (Å²) in [7, 11) is 1.95. The van der Waals surface area contributed by atoms with Crippen LogP contribution in [0.1, 0.15) is 12.5 Å². The van der Waals surface area contributed by atoms with Crippen LogP contribution < -0.4 is 0 Å². The van der Waals surface area contributed by atoms with Crippen LogP contribution in [0.4, 0.5) is 0 Å². The molecule has 2 aliphatic heterocycles. The smallest absolute Gasteiger partial charge is 0.142 e. The van der Waals surface area contributed by atoms with Crippen molar-refractivity contribution in [1.82, 2.24) is 9.55 Å². The number of benzene rings is 1. The van der Waals surface area contributed by atoms with Gasteiger partial charge in [-0.2, -0.15) is 0 Å². The highest BCUT2D eigenvalue weighted by Gasteiger charge is 2.18. The molecule has 17 heavy (non-hydrogen) atoms. The predicted octanol–water partition coefficient (Wildman–Crippen LogP) is 3.89.